The fraction of sp³-hybridized carbons (Fsp3) is 1.00. The number of hydrogen-bond acceptors (Lipinski definition) is 0. The molecule has 64 valence electrons. The van der Waals surface area contributed by atoms with Crippen molar-refractivity contribution in [2.75, 3.05) is 0 Å². The van der Waals surface area contributed by atoms with E-state index in [1.54, 1.807) is 38.5 Å². The van der Waals surface area contributed by atoms with Crippen LogP contribution in [-0.4, -0.2) is 0 Å². The molecule has 0 amide bonds. The van der Waals surface area contributed by atoms with E-state index >= 15 is 0 Å². The van der Waals surface area contributed by atoms with Crippen molar-refractivity contribution in [2.24, 2.45) is 11.8 Å². The van der Waals surface area contributed by atoms with E-state index in [2.05, 4.69) is 0 Å². The Bertz CT molecular complexity index is 95.2. The predicted molar refractivity (Wildman–Crippen MR) is 48.5 cm³/mol. The fourth-order valence-corrected chi connectivity index (χ4v) is 1.86. The van der Waals surface area contributed by atoms with Gasteiger partial charge in [0.15, 0.2) is 0 Å². The van der Waals surface area contributed by atoms with Gasteiger partial charge in [-0.05, 0) is 11.8 Å². The predicted octanol–water partition coefficient (Wildman–Crippen LogP) is 3.76. The summed E-state index contributed by atoms with van der Waals surface area (Å²) in [6, 6.07) is 0. The van der Waals surface area contributed by atoms with Crippen LogP contribution in [0.4, 0.5) is 0 Å². The first kappa shape index (κ1) is 7.64. The van der Waals surface area contributed by atoms with Crippen molar-refractivity contribution in [1.82, 2.24) is 0 Å². The van der Waals surface area contributed by atoms with Crippen molar-refractivity contribution in [2.45, 2.75) is 57.8 Å². The zero-order chi connectivity index (χ0) is 7.52. The Morgan fingerprint density at radius 2 is 1.09 bits per heavy atom. The minimum Gasteiger partial charge on any atom is -0.0533 e. The second kappa shape index (κ2) is 3.60. The molecule has 2 saturated carbocycles. The lowest BCUT2D eigenvalue weighted by Gasteiger charge is -1.98. The lowest BCUT2D eigenvalue weighted by Crippen LogP contribution is -1.81. The van der Waals surface area contributed by atoms with E-state index < -0.39 is 0 Å². The fourth-order valence-electron chi connectivity index (χ4n) is 1.86. The van der Waals surface area contributed by atoms with Gasteiger partial charge in [-0.3, -0.25) is 0 Å². The van der Waals surface area contributed by atoms with E-state index in [1.165, 1.54) is 19.3 Å². The second-order valence-electron chi connectivity index (χ2n) is 4.52. The van der Waals surface area contributed by atoms with Crippen molar-refractivity contribution in [3.63, 3.8) is 0 Å². The summed E-state index contributed by atoms with van der Waals surface area (Å²) in [5, 5.41) is 0. The van der Waals surface area contributed by atoms with E-state index in [1.807, 2.05) is 0 Å². The quantitative estimate of drug-likeness (QED) is 0.508. The van der Waals surface area contributed by atoms with Gasteiger partial charge in [0.05, 0.1) is 0 Å². The van der Waals surface area contributed by atoms with Gasteiger partial charge in [-0.1, -0.05) is 57.8 Å². The molecule has 0 aromatic carbocycles. The standard InChI is InChI=1S/C11H20/c1(2-4-10-6-7-10)3-5-11-8-9-11/h10-11H,1-9H2. The zero-order valence-electron chi connectivity index (χ0n) is 7.52. The Morgan fingerprint density at radius 3 is 1.45 bits per heavy atom. The summed E-state index contributed by atoms with van der Waals surface area (Å²) in [5.74, 6) is 2.33. The summed E-state index contributed by atoms with van der Waals surface area (Å²) >= 11 is 0. The lowest BCUT2D eigenvalue weighted by molar-refractivity contribution is 0.564. The molecule has 0 unspecified atom stereocenters. The van der Waals surface area contributed by atoms with Crippen LogP contribution in [-0.2, 0) is 0 Å². The van der Waals surface area contributed by atoms with Crippen LogP contribution in [0.3, 0.4) is 0 Å². The molecule has 0 spiro atoms. The molecule has 2 fully saturated rings. The monoisotopic (exact) mass is 152 g/mol. The minimum atomic E-state index is 1.16. The Hall–Kier alpha value is 0. The average molecular weight is 152 g/mol. The Balaban J connectivity index is 1.35. The van der Waals surface area contributed by atoms with Crippen molar-refractivity contribution in [3.05, 3.63) is 0 Å². The summed E-state index contributed by atoms with van der Waals surface area (Å²) in [5.41, 5.74) is 0. The van der Waals surface area contributed by atoms with E-state index in [-0.39, 0.29) is 0 Å². The highest BCUT2D eigenvalue weighted by Gasteiger charge is 2.21. The molecule has 0 heterocycles. The first-order valence-corrected chi connectivity index (χ1v) is 5.45. The van der Waals surface area contributed by atoms with Crippen molar-refractivity contribution in [1.29, 1.82) is 0 Å². The van der Waals surface area contributed by atoms with Gasteiger partial charge in [-0.15, -0.1) is 0 Å². The van der Waals surface area contributed by atoms with Crippen molar-refractivity contribution in [3.8, 4) is 0 Å². The first-order valence-electron chi connectivity index (χ1n) is 5.45. The molecule has 2 rings (SSSR count). The summed E-state index contributed by atoms with van der Waals surface area (Å²) in [6.45, 7) is 0. The van der Waals surface area contributed by atoms with Gasteiger partial charge < -0.3 is 0 Å². The Kier molecular flexibility index (Phi) is 2.50. The van der Waals surface area contributed by atoms with Crippen LogP contribution in [0.1, 0.15) is 57.8 Å². The SMILES string of the molecule is C(CCC1CC1)CCC1CC1. The Labute approximate surface area is 70.4 Å². The molecule has 0 aliphatic heterocycles. The Morgan fingerprint density at radius 1 is 0.636 bits per heavy atom. The van der Waals surface area contributed by atoms with Crippen LogP contribution < -0.4 is 0 Å². The maximum Gasteiger partial charge on any atom is -0.0414 e. The molecule has 2 aliphatic carbocycles. The van der Waals surface area contributed by atoms with Gasteiger partial charge in [0, 0.05) is 0 Å². The maximum absolute atomic E-state index is 1.55. The van der Waals surface area contributed by atoms with E-state index in [0.717, 1.165) is 11.8 Å². The second-order valence-corrected chi connectivity index (χ2v) is 4.52. The van der Waals surface area contributed by atoms with Crippen LogP contribution in [0.5, 0.6) is 0 Å². The first-order chi connectivity index (χ1) is 5.45. The third-order valence-corrected chi connectivity index (χ3v) is 3.12. The molecular formula is C11H20. The lowest BCUT2D eigenvalue weighted by atomic mass is 10.1. The molecule has 0 radical (unpaired) electrons. The molecular weight excluding hydrogens is 132 g/mol. The normalized spacial score (nSPS) is 24.0. The number of rotatable bonds is 6. The molecule has 0 saturated heterocycles. The highest BCUT2D eigenvalue weighted by atomic mass is 14.3. The van der Waals surface area contributed by atoms with Crippen LogP contribution in [0, 0.1) is 11.8 Å². The number of unbranched alkanes of at least 4 members (excludes halogenated alkanes) is 2. The van der Waals surface area contributed by atoms with E-state index in [9.17, 15) is 0 Å². The van der Waals surface area contributed by atoms with Crippen molar-refractivity contribution < 1.29 is 0 Å². The largest absolute Gasteiger partial charge is 0.0533 e. The van der Waals surface area contributed by atoms with Gasteiger partial charge in [0.1, 0.15) is 0 Å². The maximum atomic E-state index is 1.55. The van der Waals surface area contributed by atoms with Gasteiger partial charge in [-0.25, -0.2) is 0 Å². The highest BCUT2D eigenvalue weighted by Crippen LogP contribution is 2.36. The summed E-state index contributed by atoms with van der Waals surface area (Å²) in [7, 11) is 0. The van der Waals surface area contributed by atoms with Crippen LogP contribution >= 0.6 is 0 Å². The summed E-state index contributed by atoms with van der Waals surface area (Å²) in [4.78, 5) is 0. The third-order valence-electron chi connectivity index (χ3n) is 3.12. The van der Waals surface area contributed by atoms with Crippen molar-refractivity contribution >= 4 is 0 Å². The van der Waals surface area contributed by atoms with E-state index in [0.29, 0.717) is 0 Å². The van der Waals surface area contributed by atoms with Gasteiger partial charge in [-0.2, -0.15) is 0 Å². The molecule has 2 aliphatic rings. The molecule has 0 nitrogen and oxygen atoms in total. The molecule has 0 heteroatoms. The smallest absolute Gasteiger partial charge is 0.0414 e. The summed E-state index contributed by atoms with van der Waals surface area (Å²) in [6.07, 6.45) is 13.8. The number of hydrogen-bond donors (Lipinski definition) is 0. The summed E-state index contributed by atoms with van der Waals surface area (Å²) < 4.78 is 0. The molecule has 11 heavy (non-hydrogen) atoms. The van der Waals surface area contributed by atoms with Gasteiger partial charge in [0.25, 0.3) is 0 Å². The van der Waals surface area contributed by atoms with Crippen LogP contribution in [0.2, 0.25) is 0 Å². The van der Waals surface area contributed by atoms with E-state index in [4.69, 9.17) is 0 Å². The molecule has 0 bridgehead atoms. The average Bonchev–Trinajstić information content (AvgIpc) is 2.83. The molecule has 0 N–H and O–H groups in total. The minimum absolute atomic E-state index is 1.16. The third kappa shape index (κ3) is 3.27. The molecule has 0 aromatic heterocycles. The molecule has 0 aromatic rings. The van der Waals surface area contributed by atoms with Crippen LogP contribution in [0.25, 0.3) is 0 Å². The highest BCUT2D eigenvalue weighted by molar-refractivity contribution is 4.74. The zero-order valence-corrected chi connectivity index (χ0v) is 7.52. The molecule has 0 atom stereocenters. The van der Waals surface area contributed by atoms with Gasteiger partial charge in [0.2, 0.25) is 0 Å². The van der Waals surface area contributed by atoms with Crippen LogP contribution in [0.15, 0.2) is 0 Å². The van der Waals surface area contributed by atoms with Gasteiger partial charge >= 0.3 is 0 Å². The topological polar surface area (TPSA) is 0 Å².